The zero-order valence-electron chi connectivity index (χ0n) is 14.9. The van der Waals surface area contributed by atoms with Gasteiger partial charge in [0.1, 0.15) is 5.75 Å². The summed E-state index contributed by atoms with van der Waals surface area (Å²) in [4.78, 5) is 16.3. The van der Waals surface area contributed by atoms with Gasteiger partial charge in [0.2, 0.25) is 5.91 Å². The molecule has 1 saturated heterocycles. The zero-order chi connectivity index (χ0) is 18.0. The largest absolute Gasteiger partial charge is 0.496 e. The Bertz CT molecular complexity index is 632. The fourth-order valence-electron chi connectivity index (χ4n) is 4.19. The maximum atomic E-state index is 14.1. The van der Waals surface area contributed by atoms with E-state index in [2.05, 4.69) is 0 Å². The number of nitrogens with zero attached hydrogens (tertiary/aromatic N) is 2. The third kappa shape index (κ3) is 3.94. The van der Waals surface area contributed by atoms with E-state index >= 15 is 0 Å². The minimum atomic E-state index is -0.868. The molecule has 1 unspecified atom stereocenters. The van der Waals surface area contributed by atoms with Crippen LogP contribution in [-0.4, -0.2) is 49.0 Å². The van der Waals surface area contributed by atoms with Crippen molar-refractivity contribution in [2.24, 2.45) is 5.92 Å². The molecule has 0 bridgehead atoms. The van der Waals surface area contributed by atoms with Gasteiger partial charge in [-0.25, -0.2) is 8.78 Å². The summed E-state index contributed by atoms with van der Waals surface area (Å²) in [6, 6.07) is 2.93. The van der Waals surface area contributed by atoms with E-state index in [0.717, 1.165) is 25.5 Å². The van der Waals surface area contributed by atoms with Crippen LogP contribution in [0.3, 0.4) is 0 Å². The maximum absolute atomic E-state index is 14.1. The molecule has 1 aromatic rings. The first-order valence-electron chi connectivity index (χ1n) is 8.98. The van der Waals surface area contributed by atoms with Crippen molar-refractivity contribution >= 4 is 5.91 Å². The third-order valence-corrected chi connectivity index (χ3v) is 5.37. The first kappa shape index (κ1) is 18.1. The molecule has 1 aromatic carbocycles. The molecule has 0 spiro atoms. The monoisotopic (exact) mass is 352 g/mol. The molecule has 1 aliphatic carbocycles. The minimum Gasteiger partial charge on any atom is -0.496 e. The fraction of sp³-hybridized carbons (Fsp3) is 0.632. The first-order valence-corrected chi connectivity index (χ1v) is 8.98. The number of halogens is 2. The molecule has 2 fully saturated rings. The Balaban J connectivity index is 1.61. The molecule has 1 amide bonds. The number of amides is 1. The summed E-state index contributed by atoms with van der Waals surface area (Å²) in [5.41, 5.74) is 0.224. The van der Waals surface area contributed by atoms with Gasteiger partial charge in [-0.15, -0.1) is 0 Å². The normalized spacial score (nSPS) is 21.6. The van der Waals surface area contributed by atoms with Gasteiger partial charge in [-0.3, -0.25) is 4.79 Å². The van der Waals surface area contributed by atoms with Gasteiger partial charge in [0.05, 0.1) is 7.11 Å². The van der Waals surface area contributed by atoms with E-state index in [1.54, 1.807) is 0 Å². The lowest BCUT2D eigenvalue weighted by Gasteiger charge is -2.25. The minimum absolute atomic E-state index is 0.224. The third-order valence-electron chi connectivity index (χ3n) is 5.37. The van der Waals surface area contributed by atoms with Crippen molar-refractivity contribution in [3.05, 3.63) is 29.3 Å². The summed E-state index contributed by atoms with van der Waals surface area (Å²) < 4.78 is 32.8. The molecule has 4 nitrogen and oxygen atoms in total. The average molecular weight is 352 g/mol. The summed E-state index contributed by atoms with van der Waals surface area (Å²) in [5.74, 6) is -0.907. The van der Waals surface area contributed by atoms with E-state index in [-0.39, 0.29) is 23.9 Å². The SMILES string of the molecule is COc1ccc(F)c(F)c1CN(C)CC1CC(=O)N(C2CCCC2)C1. The van der Waals surface area contributed by atoms with Gasteiger partial charge < -0.3 is 14.5 Å². The molecular formula is C19H26F2N2O2. The molecule has 0 radical (unpaired) electrons. The van der Waals surface area contributed by atoms with Crippen LogP contribution in [0.5, 0.6) is 5.75 Å². The Hall–Kier alpha value is -1.69. The van der Waals surface area contributed by atoms with E-state index in [0.29, 0.717) is 24.8 Å². The van der Waals surface area contributed by atoms with E-state index in [1.807, 2.05) is 16.8 Å². The van der Waals surface area contributed by atoms with Gasteiger partial charge in [-0.1, -0.05) is 12.8 Å². The second kappa shape index (κ2) is 7.68. The van der Waals surface area contributed by atoms with Gasteiger partial charge >= 0.3 is 0 Å². The number of hydrogen-bond donors (Lipinski definition) is 0. The number of carbonyl (C=O) groups excluding carboxylic acids is 1. The number of methoxy groups -OCH3 is 1. The molecule has 0 N–H and O–H groups in total. The lowest BCUT2D eigenvalue weighted by atomic mass is 10.1. The van der Waals surface area contributed by atoms with Crippen LogP contribution in [0.2, 0.25) is 0 Å². The van der Waals surface area contributed by atoms with Crippen LogP contribution >= 0.6 is 0 Å². The number of likely N-dealkylation sites (tertiary alicyclic amines) is 1. The zero-order valence-corrected chi connectivity index (χ0v) is 14.9. The Kier molecular flexibility index (Phi) is 5.57. The van der Waals surface area contributed by atoms with Crippen molar-refractivity contribution in [3.63, 3.8) is 0 Å². The highest BCUT2D eigenvalue weighted by Gasteiger charge is 2.35. The number of benzene rings is 1. The van der Waals surface area contributed by atoms with Gasteiger partial charge in [-0.2, -0.15) is 0 Å². The van der Waals surface area contributed by atoms with Crippen molar-refractivity contribution in [2.75, 3.05) is 27.2 Å². The van der Waals surface area contributed by atoms with Crippen molar-refractivity contribution in [2.45, 2.75) is 44.7 Å². The van der Waals surface area contributed by atoms with Gasteiger partial charge in [0.25, 0.3) is 0 Å². The highest BCUT2D eigenvalue weighted by atomic mass is 19.2. The molecule has 0 aromatic heterocycles. The van der Waals surface area contributed by atoms with Crippen LogP contribution in [0.25, 0.3) is 0 Å². The van der Waals surface area contributed by atoms with Gasteiger partial charge in [0.15, 0.2) is 11.6 Å². The van der Waals surface area contributed by atoms with Crippen LogP contribution in [0, 0.1) is 17.6 Å². The number of rotatable bonds is 6. The lowest BCUT2D eigenvalue weighted by molar-refractivity contribution is -0.129. The summed E-state index contributed by atoms with van der Waals surface area (Å²) in [5, 5.41) is 0. The second-order valence-corrected chi connectivity index (χ2v) is 7.29. The lowest BCUT2D eigenvalue weighted by Crippen LogP contribution is -2.35. The van der Waals surface area contributed by atoms with Gasteiger partial charge in [0, 0.05) is 37.7 Å². The van der Waals surface area contributed by atoms with E-state index in [4.69, 9.17) is 4.74 Å². The first-order chi connectivity index (χ1) is 12.0. The molecule has 1 heterocycles. The van der Waals surface area contributed by atoms with Crippen LogP contribution in [0.1, 0.15) is 37.7 Å². The van der Waals surface area contributed by atoms with Crippen molar-refractivity contribution in [1.82, 2.24) is 9.80 Å². The van der Waals surface area contributed by atoms with Crippen molar-refractivity contribution < 1.29 is 18.3 Å². The standard InChI is InChI=1S/C19H26F2N2O2/c1-22(12-15-17(25-2)8-7-16(20)19(15)21)10-13-9-18(24)23(11-13)14-5-3-4-6-14/h7-8,13-14H,3-6,9-12H2,1-2H3. The highest BCUT2D eigenvalue weighted by molar-refractivity contribution is 5.79. The summed E-state index contributed by atoms with van der Waals surface area (Å²) >= 11 is 0. The molecule has 6 heteroatoms. The molecule has 25 heavy (non-hydrogen) atoms. The number of carbonyl (C=O) groups is 1. The van der Waals surface area contributed by atoms with Crippen LogP contribution < -0.4 is 4.74 Å². The smallest absolute Gasteiger partial charge is 0.223 e. The van der Waals surface area contributed by atoms with Crippen molar-refractivity contribution in [3.8, 4) is 5.75 Å². The van der Waals surface area contributed by atoms with E-state index in [1.165, 1.54) is 26.0 Å². The molecule has 138 valence electrons. The van der Waals surface area contributed by atoms with E-state index in [9.17, 15) is 13.6 Å². The predicted molar refractivity (Wildman–Crippen MR) is 91.3 cm³/mol. The Morgan fingerprint density at radius 2 is 2.00 bits per heavy atom. The quantitative estimate of drug-likeness (QED) is 0.788. The molecule has 1 aliphatic heterocycles. The van der Waals surface area contributed by atoms with Gasteiger partial charge in [-0.05, 0) is 37.9 Å². The molecule has 2 aliphatic rings. The Labute approximate surface area is 147 Å². The fourth-order valence-corrected chi connectivity index (χ4v) is 4.19. The number of hydrogen-bond acceptors (Lipinski definition) is 3. The molecular weight excluding hydrogens is 326 g/mol. The summed E-state index contributed by atoms with van der Waals surface area (Å²) in [7, 11) is 3.32. The molecule has 1 atom stereocenters. The van der Waals surface area contributed by atoms with E-state index < -0.39 is 11.6 Å². The summed E-state index contributed by atoms with van der Waals surface area (Å²) in [6.45, 7) is 1.70. The summed E-state index contributed by atoms with van der Waals surface area (Å²) in [6.07, 6.45) is 5.18. The predicted octanol–water partition coefficient (Wildman–Crippen LogP) is 3.20. The maximum Gasteiger partial charge on any atom is 0.223 e. The molecule has 3 rings (SSSR count). The van der Waals surface area contributed by atoms with Crippen molar-refractivity contribution in [1.29, 1.82) is 0 Å². The molecule has 1 saturated carbocycles. The van der Waals surface area contributed by atoms with Crippen LogP contribution in [0.15, 0.2) is 12.1 Å². The Morgan fingerprint density at radius 1 is 1.28 bits per heavy atom. The van der Waals surface area contributed by atoms with Crippen LogP contribution in [-0.2, 0) is 11.3 Å². The average Bonchev–Trinajstić information content (AvgIpc) is 3.21. The second-order valence-electron chi connectivity index (χ2n) is 7.29. The number of ether oxygens (including phenoxy) is 1. The highest BCUT2D eigenvalue weighted by Crippen LogP contribution is 2.30. The van der Waals surface area contributed by atoms with Crippen LogP contribution in [0.4, 0.5) is 8.78 Å². The topological polar surface area (TPSA) is 32.8 Å². The Morgan fingerprint density at radius 3 is 2.68 bits per heavy atom.